The van der Waals surface area contributed by atoms with Gasteiger partial charge in [-0.2, -0.15) is 0 Å². The van der Waals surface area contributed by atoms with Crippen molar-refractivity contribution in [2.45, 2.75) is 25.8 Å². The summed E-state index contributed by atoms with van der Waals surface area (Å²) in [4.78, 5) is 40.0. The molecule has 0 N–H and O–H groups in total. The van der Waals surface area contributed by atoms with Gasteiger partial charge in [-0.1, -0.05) is 18.2 Å². The SMILES string of the molecule is CCOC(=O)C1CSCN1C(=O)CN1C(=O)CCc2ccccc21. The lowest BCUT2D eigenvalue weighted by molar-refractivity contribution is -0.152. The molecule has 128 valence electrons. The zero-order valence-corrected chi connectivity index (χ0v) is 14.4. The Labute approximate surface area is 145 Å². The summed E-state index contributed by atoms with van der Waals surface area (Å²) >= 11 is 1.52. The highest BCUT2D eigenvalue weighted by Crippen LogP contribution is 2.28. The van der Waals surface area contributed by atoms with Crippen LogP contribution in [0.25, 0.3) is 0 Å². The average molecular weight is 348 g/mol. The van der Waals surface area contributed by atoms with E-state index in [1.165, 1.54) is 21.6 Å². The Kier molecular flexibility index (Phi) is 5.08. The van der Waals surface area contributed by atoms with Gasteiger partial charge in [0.05, 0.1) is 12.5 Å². The fraction of sp³-hybridized carbons (Fsp3) is 0.471. The lowest BCUT2D eigenvalue weighted by Gasteiger charge is -2.31. The largest absolute Gasteiger partial charge is 0.464 e. The number of hydrogen-bond donors (Lipinski definition) is 0. The second-order valence-corrected chi connectivity index (χ2v) is 6.74. The molecule has 24 heavy (non-hydrogen) atoms. The van der Waals surface area contributed by atoms with Gasteiger partial charge in [-0.05, 0) is 25.0 Å². The van der Waals surface area contributed by atoms with Crippen LogP contribution in [0.5, 0.6) is 0 Å². The minimum atomic E-state index is -0.558. The molecule has 7 heteroatoms. The van der Waals surface area contributed by atoms with Crippen molar-refractivity contribution >= 4 is 35.2 Å². The van der Waals surface area contributed by atoms with Crippen LogP contribution in [0.1, 0.15) is 18.9 Å². The van der Waals surface area contributed by atoms with E-state index in [0.29, 0.717) is 31.1 Å². The molecule has 2 aliphatic rings. The first-order chi connectivity index (χ1) is 11.6. The van der Waals surface area contributed by atoms with Crippen LogP contribution in [0, 0.1) is 0 Å². The molecule has 1 aromatic carbocycles. The smallest absolute Gasteiger partial charge is 0.329 e. The van der Waals surface area contributed by atoms with Gasteiger partial charge in [-0.15, -0.1) is 11.8 Å². The highest BCUT2D eigenvalue weighted by molar-refractivity contribution is 7.99. The minimum Gasteiger partial charge on any atom is -0.464 e. The minimum absolute atomic E-state index is 0.0354. The van der Waals surface area contributed by atoms with Crippen molar-refractivity contribution in [2.75, 3.05) is 29.7 Å². The normalized spacial score (nSPS) is 20.0. The van der Waals surface area contributed by atoms with Crippen LogP contribution in [0.4, 0.5) is 5.69 Å². The molecule has 1 aromatic rings. The van der Waals surface area contributed by atoms with Gasteiger partial charge in [0, 0.05) is 17.9 Å². The van der Waals surface area contributed by atoms with Crippen molar-refractivity contribution in [2.24, 2.45) is 0 Å². The number of thioether (sulfide) groups is 1. The molecule has 1 unspecified atom stereocenters. The van der Waals surface area contributed by atoms with Gasteiger partial charge in [0.1, 0.15) is 12.6 Å². The van der Waals surface area contributed by atoms with E-state index < -0.39 is 6.04 Å². The van der Waals surface area contributed by atoms with Crippen LogP contribution in [0.2, 0.25) is 0 Å². The number of carbonyl (C=O) groups is 3. The number of hydrogen-bond acceptors (Lipinski definition) is 5. The summed E-state index contributed by atoms with van der Waals surface area (Å²) in [6.45, 7) is 2.00. The maximum atomic E-state index is 12.7. The number of rotatable bonds is 4. The molecule has 2 amide bonds. The molecular weight excluding hydrogens is 328 g/mol. The van der Waals surface area contributed by atoms with Crippen molar-refractivity contribution in [3.05, 3.63) is 29.8 Å². The number of benzene rings is 1. The quantitative estimate of drug-likeness (QED) is 0.770. The number of anilines is 1. The van der Waals surface area contributed by atoms with Crippen molar-refractivity contribution in [3.8, 4) is 0 Å². The van der Waals surface area contributed by atoms with Crippen LogP contribution in [0.15, 0.2) is 24.3 Å². The summed E-state index contributed by atoms with van der Waals surface area (Å²) in [5, 5.41) is 0. The summed E-state index contributed by atoms with van der Waals surface area (Å²) < 4.78 is 5.05. The monoisotopic (exact) mass is 348 g/mol. The number of esters is 1. The highest BCUT2D eigenvalue weighted by Gasteiger charge is 2.37. The first kappa shape index (κ1) is 16.8. The number of nitrogens with zero attached hydrogens (tertiary/aromatic N) is 2. The molecule has 0 aliphatic carbocycles. The van der Waals surface area contributed by atoms with Crippen LogP contribution < -0.4 is 4.90 Å². The zero-order valence-electron chi connectivity index (χ0n) is 13.6. The summed E-state index contributed by atoms with van der Waals surface area (Å²) in [7, 11) is 0. The molecule has 0 radical (unpaired) electrons. The summed E-state index contributed by atoms with van der Waals surface area (Å²) in [5.74, 6) is 0.340. The molecule has 2 aliphatic heterocycles. The fourth-order valence-electron chi connectivity index (χ4n) is 3.02. The molecule has 2 heterocycles. The van der Waals surface area contributed by atoms with E-state index in [4.69, 9.17) is 4.74 Å². The fourth-order valence-corrected chi connectivity index (χ4v) is 4.18. The molecule has 0 spiro atoms. The molecule has 6 nitrogen and oxygen atoms in total. The lowest BCUT2D eigenvalue weighted by Crippen LogP contribution is -2.49. The molecule has 1 saturated heterocycles. The Morgan fingerprint density at radius 3 is 2.88 bits per heavy atom. The van der Waals surface area contributed by atoms with Crippen molar-refractivity contribution in [1.82, 2.24) is 4.90 Å². The van der Waals surface area contributed by atoms with Crippen LogP contribution >= 0.6 is 11.8 Å². The third-order valence-electron chi connectivity index (χ3n) is 4.25. The molecule has 1 atom stereocenters. The zero-order chi connectivity index (χ0) is 17.1. The van der Waals surface area contributed by atoms with E-state index >= 15 is 0 Å². The number of amides is 2. The summed E-state index contributed by atoms with van der Waals surface area (Å²) in [6, 6.07) is 7.08. The van der Waals surface area contributed by atoms with Gasteiger partial charge >= 0.3 is 5.97 Å². The molecule has 1 fully saturated rings. The number of fused-ring (bicyclic) bond motifs is 1. The number of ether oxygens (including phenoxy) is 1. The van der Waals surface area contributed by atoms with E-state index in [-0.39, 0.29) is 24.3 Å². The highest BCUT2D eigenvalue weighted by atomic mass is 32.2. The van der Waals surface area contributed by atoms with Gasteiger partial charge in [0.25, 0.3) is 0 Å². The third kappa shape index (κ3) is 3.26. The summed E-state index contributed by atoms with van der Waals surface area (Å²) in [5.41, 5.74) is 1.87. The predicted molar refractivity (Wildman–Crippen MR) is 91.7 cm³/mol. The van der Waals surface area contributed by atoms with Gasteiger partial charge in [0.2, 0.25) is 11.8 Å². The maximum Gasteiger partial charge on any atom is 0.329 e. The Hall–Kier alpha value is -2.02. The van der Waals surface area contributed by atoms with Crippen LogP contribution in [-0.2, 0) is 25.5 Å². The Bertz CT molecular complexity index is 664. The van der Waals surface area contributed by atoms with Gasteiger partial charge < -0.3 is 14.5 Å². The van der Waals surface area contributed by atoms with E-state index in [2.05, 4.69) is 0 Å². The topological polar surface area (TPSA) is 66.9 Å². The van der Waals surface area contributed by atoms with Gasteiger partial charge in [-0.3, -0.25) is 9.59 Å². The van der Waals surface area contributed by atoms with E-state index in [0.717, 1.165) is 11.3 Å². The van der Waals surface area contributed by atoms with E-state index in [9.17, 15) is 14.4 Å². The molecule has 0 saturated carbocycles. The molecule has 3 rings (SSSR count). The maximum absolute atomic E-state index is 12.7. The Morgan fingerprint density at radius 1 is 1.29 bits per heavy atom. The van der Waals surface area contributed by atoms with Crippen molar-refractivity contribution in [1.29, 1.82) is 0 Å². The summed E-state index contributed by atoms with van der Waals surface area (Å²) in [6.07, 6.45) is 1.10. The third-order valence-corrected chi connectivity index (χ3v) is 5.26. The lowest BCUT2D eigenvalue weighted by atomic mass is 10.0. The Morgan fingerprint density at radius 2 is 2.08 bits per heavy atom. The first-order valence-electron chi connectivity index (χ1n) is 8.04. The van der Waals surface area contributed by atoms with Crippen molar-refractivity contribution in [3.63, 3.8) is 0 Å². The first-order valence-corrected chi connectivity index (χ1v) is 9.19. The average Bonchev–Trinajstić information content (AvgIpc) is 3.07. The van der Waals surface area contributed by atoms with Crippen molar-refractivity contribution < 1.29 is 19.1 Å². The second kappa shape index (κ2) is 7.25. The molecule has 0 bridgehead atoms. The number of aryl methyl sites for hydroxylation is 1. The Balaban J connectivity index is 1.75. The van der Waals surface area contributed by atoms with Crippen LogP contribution in [-0.4, -0.2) is 53.5 Å². The van der Waals surface area contributed by atoms with E-state index in [1.807, 2.05) is 24.3 Å². The van der Waals surface area contributed by atoms with E-state index in [1.54, 1.807) is 6.92 Å². The predicted octanol–water partition coefficient (Wildman–Crippen LogP) is 1.43. The molecule has 0 aromatic heterocycles. The van der Waals surface area contributed by atoms with Gasteiger partial charge in [-0.25, -0.2) is 4.79 Å². The second-order valence-electron chi connectivity index (χ2n) is 5.74. The number of carbonyl (C=O) groups excluding carboxylic acids is 3. The van der Waals surface area contributed by atoms with Crippen LogP contribution in [0.3, 0.4) is 0 Å². The molecular formula is C17H20N2O4S. The van der Waals surface area contributed by atoms with Gasteiger partial charge in [0.15, 0.2) is 0 Å². The number of para-hydroxylation sites is 1. The standard InChI is InChI=1S/C17H20N2O4S/c1-2-23-17(22)14-10-24-11-19(14)16(21)9-18-13-6-4-3-5-12(13)7-8-15(18)20/h3-6,14H,2,7-11H2,1H3.